The number of hydrogen-bond acceptors (Lipinski definition) is 7. The largest absolute Gasteiger partial charge is 0.434 e. The normalized spacial score (nSPS) is 29.1. The second-order valence-electron chi connectivity index (χ2n) is 13.2. The maximum absolute atomic E-state index is 14.1. The number of carbonyl (C=O) groups excluding carboxylic acids is 1. The molecule has 0 spiro atoms. The number of nitrogens with zero attached hydrogens (tertiary/aromatic N) is 3. The van der Waals surface area contributed by atoms with Crippen molar-refractivity contribution in [1.29, 1.82) is 0 Å². The summed E-state index contributed by atoms with van der Waals surface area (Å²) >= 11 is 0. The van der Waals surface area contributed by atoms with Crippen LogP contribution >= 0.6 is 7.60 Å². The highest BCUT2D eigenvalue weighted by Crippen LogP contribution is 2.45. The first-order valence-electron chi connectivity index (χ1n) is 16.5. The molecule has 240 valence electrons. The molecule has 46 heavy (non-hydrogen) atoms. The van der Waals surface area contributed by atoms with E-state index in [-0.39, 0.29) is 11.6 Å². The van der Waals surface area contributed by atoms with Gasteiger partial charge in [-0.15, -0.1) is 0 Å². The smallest absolute Gasteiger partial charge is 0.385 e. The highest BCUT2D eigenvalue weighted by Gasteiger charge is 2.45. The molecule has 0 amide bonds. The van der Waals surface area contributed by atoms with E-state index in [1.807, 2.05) is 12.1 Å². The molecule has 8 rings (SSSR count). The Morgan fingerprint density at radius 3 is 2.43 bits per heavy atom. The Morgan fingerprint density at radius 1 is 0.935 bits per heavy atom. The molecule has 1 aromatic heterocycles. The molecule has 2 saturated heterocycles. The lowest BCUT2D eigenvalue weighted by Gasteiger charge is -2.54. The van der Waals surface area contributed by atoms with Crippen LogP contribution < -0.4 is 11.0 Å². The predicted octanol–water partition coefficient (Wildman–Crippen LogP) is 5.73. The van der Waals surface area contributed by atoms with E-state index in [0.29, 0.717) is 41.0 Å². The van der Waals surface area contributed by atoms with Crippen molar-refractivity contribution in [2.45, 2.75) is 88.4 Å². The molecular formula is C36H40N3O6P. The predicted molar refractivity (Wildman–Crippen MR) is 176 cm³/mol. The molecule has 2 unspecified atom stereocenters. The van der Waals surface area contributed by atoms with Gasteiger partial charge in [-0.2, -0.15) is 0 Å². The van der Waals surface area contributed by atoms with E-state index in [1.165, 1.54) is 6.42 Å². The first kappa shape index (κ1) is 31.1. The van der Waals surface area contributed by atoms with E-state index in [0.717, 1.165) is 63.4 Å². The third-order valence-corrected chi connectivity index (χ3v) is 11.7. The Kier molecular flexibility index (Phi) is 8.73. The maximum atomic E-state index is 14.1. The molecule has 3 fully saturated rings. The molecule has 9 nitrogen and oxygen atoms in total. The topological polar surface area (TPSA) is 111 Å². The van der Waals surface area contributed by atoms with Gasteiger partial charge < -0.3 is 14.2 Å². The number of allylic oxidation sites excluding steroid dienone is 1. The minimum absolute atomic E-state index is 0.163. The van der Waals surface area contributed by atoms with E-state index in [2.05, 4.69) is 28.3 Å². The van der Waals surface area contributed by atoms with Crippen LogP contribution in [0.25, 0.3) is 11.0 Å². The number of para-hydroxylation sites is 2. The van der Waals surface area contributed by atoms with E-state index < -0.39 is 31.4 Å². The molecule has 3 aliphatic carbocycles. The van der Waals surface area contributed by atoms with Crippen LogP contribution in [0.3, 0.4) is 0 Å². The number of piperidine rings is 2. The summed E-state index contributed by atoms with van der Waals surface area (Å²) in [6, 6.07) is 16.4. The Bertz CT molecular complexity index is 1800. The van der Waals surface area contributed by atoms with Crippen molar-refractivity contribution < 1.29 is 23.5 Å². The van der Waals surface area contributed by atoms with Crippen molar-refractivity contribution in [1.82, 2.24) is 14.5 Å². The Labute approximate surface area is 269 Å². The van der Waals surface area contributed by atoms with Gasteiger partial charge in [-0.3, -0.25) is 18.8 Å². The molecule has 1 saturated carbocycles. The number of carbonyl (C=O) groups is 1. The van der Waals surface area contributed by atoms with E-state index in [1.54, 1.807) is 47.0 Å². The van der Waals surface area contributed by atoms with Crippen molar-refractivity contribution in [3.63, 3.8) is 0 Å². The number of fused-ring (bicyclic) bond motifs is 9. The fourth-order valence-electron chi connectivity index (χ4n) is 8.34. The second kappa shape index (κ2) is 12.9. The summed E-state index contributed by atoms with van der Waals surface area (Å²) in [7, 11) is -4.75. The number of esters is 1. The zero-order chi connectivity index (χ0) is 31.8. The van der Waals surface area contributed by atoms with Gasteiger partial charge in [-0.05, 0) is 87.1 Å². The SMILES string of the molecule is C=C1C#C[C@H]2CCC[C@@H]1C[C@@H](N1[C@@H]3CCC[C@H]1CC(n1c(=O)c(P(=O)(O)OCOC(=O)c4ccccc4)nc4ccccc41)C3)C2. The lowest BCUT2D eigenvalue weighted by Crippen LogP contribution is -2.58. The molecule has 3 heterocycles. The second-order valence-corrected chi connectivity index (χ2v) is 14.9. The zero-order valence-electron chi connectivity index (χ0n) is 25.9. The molecule has 4 bridgehead atoms. The summed E-state index contributed by atoms with van der Waals surface area (Å²) in [4.78, 5) is 44.6. The summed E-state index contributed by atoms with van der Waals surface area (Å²) in [6.07, 6.45) is 10.5. The lowest BCUT2D eigenvalue weighted by atomic mass is 9.74. The molecule has 10 heteroatoms. The van der Waals surface area contributed by atoms with Crippen molar-refractivity contribution in [3.05, 3.63) is 82.7 Å². The molecule has 2 aliphatic heterocycles. The number of benzene rings is 2. The summed E-state index contributed by atoms with van der Waals surface area (Å²) in [6.45, 7) is 3.54. The van der Waals surface area contributed by atoms with Crippen LogP contribution in [0.4, 0.5) is 0 Å². The number of ether oxygens (including phenoxy) is 1. The van der Waals surface area contributed by atoms with Crippen LogP contribution in [0.5, 0.6) is 0 Å². The van der Waals surface area contributed by atoms with Gasteiger partial charge in [-0.1, -0.05) is 61.6 Å². The summed E-state index contributed by atoms with van der Waals surface area (Å²) in [5, 5.41) is 0. The fraction of sp³-hybridized carbons (Fsp3) is 0.472. The van der Waals surface area contributed by atoms with E-state index in [4.69, 9.17) is 9.26 Å². The van der Waals surface area contributed by atoms with Crippen LogP contribution in [0, 0.1) is 23.7 Å². The maximum Gasteiger partial charge on any atom is 0.385 e. The number of rotatable bonds is 7. The summed E-state index contributed by atoms with van der Waals surface area (Å²) in [5.41, 5.74) is 1.25. The zero-order valence-corrected chi connectivity index (χ0v) is 26.8. The molecule has 5 aliphatic rings. The highest BCUT2D eigenvalue weighted by atomic mass is 31.2. The Morgan fingerprint density at radius 2 is 1.65 bits per heavy atom. The fourth-order valence-corrected chi connectivity index (χ4v) is 9.24. The van der Waals surface area contributed by atoms with Crippen LogP contribution in [0.1, 0.15) is 80.6 Å². The minimum atomic E-state index is -4.75. The van der Waals surface area contributed by atoms with Crippen molar-refractivity contribution in [2.24, 2.45) is 11.8 Å². The Balaban J connectivity index is 1.16. The number of aromatic nitrogens is 2. The van der Waals surface area contributed by atoms with Gasteiger partial charge in [0.15, 0.2) is 0 Å². The van der Waals surface area contributed by atoms with Crippen LogP contribution in [-0.2, 0) is 13.8 Å². The van der Waals surface area contributed by atoms with Crippen LogP contribution in [0.15, 0.2) is 71.5 Å². The molecule has 3 aromatic rings. The van der Waals surface area contributed by atoms with Crippen molar-refractivity contribution >= 4 is 30.0 Å². The third kappa shape index (κ3) is 6.12. The van der Waals surface area contributed by atoms with Gasteiger partial charge in [0.05, 0.1) is 16.6 Å². The minimum Gasteiger partial charge on any atom is -0.434 e. The molecular weight excluding hydrogens is 601 g/mol. The monoisotopic (exact) mass is 641 g/mol. The van der Waals surface area contributed by atoms with Crippen LogP contribution in [0.2, 0.25) is 0 Å². The Hall–Kier alpha value is -3.54. The first-order valence-corrected chi connectivity index (χ1v) is 18.1. The molecule has 1 N–H and O–H groups in total. The quantitative estimate of drug-likeness (QED) is 0.151. The van der Waals surface area contributed by atoms with Crippen molar-refractivity contribution in [3.8, 4) is 11.8 Å². The third-order valence-electron chi connectivity index (χ3n) is 10.4. The lowest BCUT2D eigenvalue weighted by molar-refractivity contribution is -0.0308. The van der Waals surface area contributed by atoms with E-state index in [9.17, 15) is 19.0 Å². The molecule has 7 atom stereocenters. The van der Waals surface area contributed by atoms with Gasteiger partial charge in [-0.25, -0.2) is 9.78 Å². The average molecular weight is 642 g/mol. The molecule has 0 radical (unpaired) electrons. The summed E-state index contributed by atoms with van der Waals surface area (Å²) in [5.74, 6) is 7.02. The highest BCUT2D eigenvalue weighted by molar-refractivity contribution is 7.60. The van der Waals surface area contributed by atoms with Gasteiger partial charge in [0.1, 0.15) is 0 Å². The number of hydrogen-bond donors (Lipinski definition) is 1. The van der Waals surface area contributed by atoms with Gasteiger partial charge in [0, 0.05) is 30.1 Å². The van der Waals surface area contributed by atoms with Gasteiger partial charge in [0.2, 0.25) is 12.2 Å². The van der Waals surface area contributed by atoms with Gasteiger partial charge in [0.25, 0.3) is 5.56 Å². The first-order chi connectivity index (χ1) is 22.3. The van der Waals surface area contributed by atoms with Crippen molar-refractivity contribution in [2.75, 3.05) is 6.79 Å². The van der Waals surface area contributed by atoms with Gasteiger partial charge >= 0.3 is 13.6 Å². The standard InChI is InChI=1S/C36H40N3O6P/c1-24-17-18-25-9-7-12-27(24)20-30(19-25)38-28-13-8-14-29(38)22-31(21-28)39-33-16-6-5-15-32(33)37-34(35(39)40)46(42,43)45-23-44-36(41)26-10-3-2-4-11-26/h2-6,10-11,15-16,25,27-31H,1,7-9,12-14,19-23H2,(H,42,43)/t25-,27-,28-,29+,30+,31?/m1/s1. The van der Waals surface area contributed by atoms with E-state index >= 15 is 0 Å². The summed E-state index contributed by atoms with van der Waals surface area (Å²) < 4.78 is 25.5. The average Bonchev–Trinajstić information content (AvgIpc) is 3.02. The molecule has 2 aromatic carbocycles. The van der Waals surface area contributed by atoms with Crippen LogP contribution in [-0.4, -0.2) is 50.2 Å².